The number of amides is 1. The van der Waals surface area contributed by atoms with Crippen LogP contribution in [0.15, 0.2) is 83.8 Å². The van der Waals surface area contributed by atoms with Crippen molar-refractivity contribution in [1.82, 2.24) is 0 Å². The van der Waals surface area contributed by atoms with Gasteiger partial charge in [0.05, 0.1) is 16.7 Å². The van der Waals surface area contributed by atoms with Gasteiger partial charge in [-0.1, -0.05) is 36.4 Å². The molecule has 3 aromatic carbocycles. The summed E-state index contributed by atoms with van der Waals surface area (Å²) >= 11 is 0. The number of rotatable bonds is 8. The molecule has 0 aliphatic carbocycles. The van der Waals surface area contributed by atoms with E-state index in [0.29, 0.717) is 17.1 Å². The molecule has 6 nitrogen and oxygen atoms in total. The molecule has 0 radical (unpaired) electrons. The summed E-state index contributed by atoms with van der Waals surface area (Å²) < 4.78 is 33.4. The SMILES string of the molecule is Cc1ccccc1N(CC(=O)Nc1ccc(OC(C)C)cc1)S(=O)(=O)c1ccccc1. The van der Waals surface area contributed by atoms with Crippen molar-refractivity contribution in [1.29, 1.82) is 0 Å². The third-order valence-electron chi connectivity index (χ3n) is 4.51. The van der Waals surface area contributed by atoms with E-state index in [1.807, 2.05) is 32.9 Å². The van der Waals surface area contributed by atoms with Crippen molar-refractivity contribution in [2.45, 2.75) is 31.8 Å². The first-order chi connectivity index (χ1) is 14.8. The van der Waals surface area contributed by atoms with Crippen molar-refractivity contribution in [2.24, 2.45) is 0 Å². The lowest BCUT2D eigenvalue weighted by molar-refractivity contribution is -0.114. The second kappa shape index (κ2) is 9.66. The van der Waals surface area contributed by atoms with E-state index in [4.69, 9.17) is 4.74 Å². The van der Waals surface area contributed by atoms with Crippen molar-refractivity contribution < 1.29 is 17.9 Å². The zero-order valence-corrected chi connectivity index (χ0v) is 18.6. The Morgan fingerprint density at radius 2 is 1.55 bits per heavy atom. The van der Waals surface area contributed by atoms with Gasteiger partial charge in [0.2, 0.25) is 5.91 Å². The summed E-state index contributed by atoms with van der Waals surface area (Å²) in [6.45, 7) is 5.33. The molecule has 0 saturated carbocycles. The topological polar surface area (TPSA) is 75.7 Å². The first kappa shape index (κ1) is 22.4. The molecule has 0 bridgehead atoms. The summed E-state index contributed by atoms with van der Waals surface area (Å²) in [6.07, 6.45) is 0.0475. The van der Waals surface area contributed by atoms with Crippen molar-refractivity contribution in [3.05, 3.63) is 84.4 Å². The first-order valence-corrected chi connectivity index (χ1v) is 11.4. The van der Waals surface area contributed by atoms with Gasteiger partial charge >= 0.3 is 0 Å². The van der Waals surface area contributed by atoms with Gasteiger partial charge in [-0.05, 0) is 68.8 Å². The number of hydrogen-bond acceptors (Lipinski definition) is 4. The number of sulfonamides is 1. The van der Waals surface area contributed by atoms with E-state index >= 15 is 0 Å². The summed E-state index contributed by atoms with van der Waals surface area (Å²) in [6, 6.07) is 22.1. The van der Waals surface area contributed by atoms with Crippen LogP contribution in [0.25, 0.3) is 0 Å². The zero-order chi connectivity index (χ0) is 22.4. The molecule has 1 amide bonds. The first-order valence-electron chi connectivity index (χ1n) is 9.97. The molecule has 0 heterocycles. The third kappa shape index (κ3) is 5.64. The molecule has 0 spiro atoms. The van der Waals surface area contributed by atoms with E-state index in [2.05, 4.69) is 5.32 Å². The van der Waals surface area contributed by atoms with Gasteiger partial charge in [-0.3, -0.25) is 9.10 Å². The number of benzene rings is 3. The van der Waals surface area contributed by atoms with Crippen molar-refractivity contribution in [3.63, 3.8) is 0 Å². The monoisotopic (exact) mass is 438 g/mol. The number of nitrogens with zero attached hydrogens (tertiary/aromatic N) is 1. The van der Waals surface area contributed by atoms with Gasteiger partial charge in [0, 0.05) is 5.69 Å². The minimum atomic E-state index is -3.93. The van der Waals surface area contributed by atoms with E-state index in [1.54, 1.807) is 54.6 Å². The predicted octanol–water partition coefficient (Wildman–Crippen LogP) is 4.62. The van der Waals surface area contributed by atoms with Crippen LogP contribution >= 0.6 is 0 Å². The highest BCUT2D eigenvalue weighted by atomic mass is 32.2. The lowest BCUT2D eigenvalue weighted by Gasteiger charge is -2.25. The predicted molar refractivity (Wildman–Crippen MR) is 123 cm³/mol. The number of aryl methyl sites for hydroxylation is 1. The van der Waals surface area contributed by atoms with E-state index in [0.717, 1.165) is 9.87 Å². The van der Waals surface area contributed by atoms with Gasteiger partial charge in [0.15, 0.2) is 0 Å². The van der Waals surface area contributed by atoms with Crippen molar-refractivity contribution in [2.75, 3.05) is 16.2 Å². The van der Waals surface area contributed by atoms with Crippen LogP contribution in [0.1, 0.15) is 19.4 Å². The molecule has 7 heteroatoms. The normalized spacial score (nSPS) is 11.2. The fraction of sp³-hybridized carbons (Fsp3) is 0.208. The molecule has 1 N–H and O–H groups in total. The van der Waals surface area contributed by atoms with Crippen molar-refractivity contribution >= 4 is 27.3 Å². The highest BCUT2D eigenvalue weighted by Gasteiger charge is 2.28. The molecule has 0 aromatic heterocycles. The van der Waals surface area contributed by atoms with Crippen LogP contribution in [-0.2, 0) is 14.8 Å². The Kier molecular flexibility index (Phi) is 6.97. The number of carbonyl (C=O) groups is 1. The zero-order valence-electron chi connectivity index (χ0n) is 17.8. The lowest BCUT2D eigenvalue weighted by atomic mass is 10.2. The maximum atomic E-state index is 13.3. The van der Waals surface area contributed by atoms with Crippen LogP contribution in [-0.4, -0.2) is 27.0 Å². The number of carbonyl (C=O) groups excluding carboxylic acids is 1. The van der Waals surface area contributed by atoms with Gasteiger partial charge in [0.1, 0.15) is 12.3 Å². The molecule has 0 saturated heterocycles. The molecule has 0 fully saturated rings. The van der Waals surface area contributed by atoms with Gasteiger partial charge < -0.3 is 10.1 Å². The largest absolute Gasteiger partial charge is 0.491 e. The van der Waals surface area contributed by atoms with Crippen LogP contribution < -0.4 is 14.4 Å². The van der Waals surface area contributed by atoms with E-state index in [-0.39, 0.29) is 17.5 Å². The smallest absolute Gasteiger partial charge is 0.264 e. The molecule has 0 atom stereocenters. The number of nitrogens with one attached hydrogen (secondary N) is 1. The molecule has 31 heavy (non-hydrogen) atoms. The Hall–Kier alpha value is -3.32. The van der Waals surface area contributed by atoms with Gasteiger partial charge in [-0.25, -0.2) is 8.42 Å². The van der Waals surface area contributed by atoms with Gasteiger partial charge in [-0.2, -0.15) is 0 Å². The summed E-state index contributed by atoms with van der Waals surface area (Å²) in [5.41, 5.74) is 1.77. The van der Waals surface area contributed by atoms with Gasteiger partial charge in [0.25, 0.3) is 10.0 Å². The standard InChI is InChI=1S/C24H26N2O4S/c1-18(2)30-21-15-13-20(14-16-21)25-24(27)17-26(23-12-8-7-9-19(23)3)31(28,29)22-10-5-4-6-11-22/h4-16,18H,17H2,1-3H3,(H,25,27). The summed E-state index contributed by atoms with van der Waals surface area (Å²) in [5.74, 6) is 0.251. The van der Waals surface area contributed by atoms with Crippen LogP contribution in [0.2, 0.25) is 0 Å². The average Bonchev–Trinajstić information content (AvgIpc) is 2.74. The van der Waals surface area contributed by atoms with E-state index in [1.165, 1.54) is 12.1 Å². The lowest BCUT2D eigenvalue weighted by Crippen LogP contribution is -2.38. The van der Waals surface area contributed by atoms with Crippen LogP contribution in [0.4, 0.5) is 11.4 Å². The van der Waals surface area contributed by atoms with Crippen LogP contribution in [0.3, 0.4) is 0 Å². The Morgan fingerprint density at radius 3 is 2.16 bits per heavy atom. The highest BCUT2D eigenvalue weighted by molar-refractivity contribution is 7.92. The molecule has 3 aromatic rings. The molecule has 0 aliphatic rings. The molecular formula is C24H26N2O4S. The molecule has 162 valence electrons. The van der Waals surface area contributed by atoms with Gasteiger partial charge in [-0.15, -0.1) is 0 Å². The third-order valence-corrected chi connectivity index (χ3v) is 6.29. The molecule has 0 aliphatic heterocycles. The number of ether oxygens (including phenoxy) is 1. The minimum Gasteiger partial charge on any atom is -0.491 e. The maximum absolute atomic E-state index is 13.3. The Bertz CT molecular complexity index is 1130. The number of hydrogen-bond donors (Lipinski definition) is 1. The maximum Gasteiger partial charge on any atom is 0.264 e. The highest BCUT2D eigenvalue weighted by Crippen LogP contribution is 2.27. The molecule has 3 rings (SSSR count). The number of anilines is 2. The van der Waals surface area contributed by atoms with E-state index < -0.39 is 15.9 Å². The van der Waals surface area contributed by atoms with Crippen LogP contribution in [0, 0.1) is 6.92 Å². The second-order valence-electron chi connectivity index (χ2n) is 7.35. The fourth-order valence-corrected chi connectivity index (χ4v) is 4.59. The molecular weight excluding hydrogens is 412 g/mol. The van der Waals surface area contributed by atoms with Crippen molar-refractivity contribution in [3.8, 4) is 5.75 Å². The van der Waals surface area contributed by atoms with E-state index in [9.17, 15) is 13.2 Å². The number of para-hydroxylation sites is 1. The summed E-state index contributed by atoms with van der Waals surface area (Å²) in [7, 11) is -3.93. The Morgan fingerprint density at radius 1 is 0.935 bits per heavy atom. The fourth-order valence-electron chi connectivity index (χ4n) is 3.08. The quantitative estimate of drug-likeness (QED) is 0.557. The Labute approximate surface area is 183 Å². The average molecular weight is 439 g/mol. The Balaban J connectivity index is 1.85. The summed E-state index contributed by atoms with van der Waals surface area (Å²) in [5, 5.41) is 2.77. The second-order valence-corrected chi connectivity index (χ2v) is 9.21. The minimum absolute atomic E-state index is 0.0475. The molecule has 0 unspecified atom stereocenters. The van der Waals surface area contributed by atoms with Crippen LogP contribution in [0.5, 0.6) is 5.75 Å². The summed E-state index contributed by atoms with van der Waals surface area (Å²) in [4.78, 5) is 12.9.